The van der Waals surface area contributed by atoms with E-state index in [9.17, 15) is 9.59 Å². The van der Waals surface area contributed by atoms with Crippen molar-refractivity contribution in [2.24, 2.45) is 29.1 Å². The molecule has 0 spiro atoms. The molecule has 178 valence electrons. The third-order valence-corrected chi connectivity index (χ3v) is 9.25. The van der Waals surface area contributed by atoms with E-state index in [2.05, 4.69) is 53.7 Å². The van der Waals surface area contributed by atoms with Gasteiger partial charge in [-0.3, -0.25) is 0 Å². The topological polar surface area (TPSA) is 52.6 Å². The molecule has 1 fully saturated rings. The van der Waals surface area contributed by atoms with Gasteiger partial charge in [-0.1, -0.05) is 63.1 Å². The molecule has 6 atom stereocenters. The lowest BCUT2D eigenvalue weighted by Crippen LogP contribution is -2.41. The summed E-state index contributed by atoms with van der Waals surface area (Å²) in [5.41, 5.74) is 1.78. The largest absolute Gasteiger partial charge is 0.451 e. The molecule has 0 aromatic heterocycles. The zero-order chi connectivity index (χ0) is 24.3. The number of fused-ring (bicyclic) bond motifs is 2. The summed E-state index contributed by atoms with van der Waals surface area (Å²) in [7, 11) is 0. The molecule has 0 N–H and O–H groups in total. The van der Waals surface area contributed by atoms with Gasteiger partial charge in [0.25, 0.3) is 0 Å². The first-order chi connectivity index (χ1) is 15.3. The predicted molar refractivity (Wildman–Crippen MR) is 130 cm³/mol. The summed E-state index contributed by atoms with van der Waals surface area (Å²) in [6.07, 6.45) is 13.7. The highest BCUT2D eigenvalue weighted by atomic mass is 16.6. The molecule has 0 saturated heterocycles. The first-order valence-corrected chi connectivity index (χ1v) is 12.2. The zero-order valence-electron chi connectivity index (χ0n) is 21.3. The number of hydrogen-bond acceptors (Lipinski definition) is 4. The van der Waals surface area contributed by atoms with Crippen LogP contribution in [0.2, 0.25) is 0 Å². The summed E-state index contributed by atoms with van der Waals surface area (Å²) < 4.78 is 12.3. The second-order valence-corrected chi connectivity index (χ2v) is 11.5. The van der Waals surface area contributed by atoms with E-state index in [-0.39, 0.29) is 41.0 Å². The Morgan fingerprint density at radius 1 is 0.758 bits per heavy atom. The maximum atomic E-state index is 13.7. The summed E-state index contributed by atoms with van der Waals surface area (Å²) in [5, 5.41) is 0. The van der Waals surface area contributed by atoms with E-state index in [1.54, 1.807) is 0 Å². The van der Waals surface area contributed by atoms with Crippen molar-refractivity contribution >= 4 is 11.9 Å². The van der Waals surface area contributed by atoms with Gasteiger partial charge in [-0.15, -0.1) is 0 Å². The van der Waals surface area contributed by atoms with Gasteiger partial charge in [0.2, 0.25) is 0 Å². The second-order valence-electron chi connectivity index (χ2n) is 11.5. The lowest BCUT2D eigenvalue weighted by molar-refractivity contribution is -0.156. The Morgan fingerprint density at radius 2 is 1.12 bits per heavy atom. The summed E-state index contributed by atoms with van der Waals surface area (Å²) in [5.74, 6) is -0.593. The summed E-state index contributed by atoms with van der Waals surface area (Å²) >= 11 is 0. The van der Waals surface area contributed by atoms with Gasteiger partial charge >= 0.3 is 11.9 Å². The highest BCUT2D eigenvalue weighted by molar-refractivity contribution is 6.03. The highest BCUT2D eigenvalue weighted by Crippen LogP contribution is 2.61. The molecule has 0 amide bonds. The molecule has 4 rings (SSSR count). The smallest absolute Gasteiger partial charge is 0.335 e. The molecule has 4 aliphatic rings. The predicted octanol–water partition coefficient (Wildman–Crippen LogP) is 6.26. The number of allylic oxidation sites excluding steroid dienone is 4. The van der Waals surface area contributed by atoms with E-state index in [0.717, 1.165) is 12.8 Å². The molecule has 0 heterocycles. The van der Waals surface area contributed by atoms with Crippen molar-refractivity contribution < 1.29 is 19.1 Å². The van der Waals surface area contributed by atoms with Crippen LogP contribution in [-0.4, -0.2) is 23.1 Å². The molecular weight excluding hydrogens is 412 g/mol. The third-order valence-electron chi connectivity index (χ3n) is 9.25. The van der Waals surface area contributed by atoms with Gasteiger partial charge in [-0.05, 0) is 69.9 Å². The molecule has 2 bridgehead atoms. The maximum Gasteiger partial charge on any atom is 0.335 e. The molecule has 4 nitrogen and oxygen atoms in total. The van der Waals surface area contributed by atoms with Crippen LogP contribution in [0.4, 0.5) is 0 Å². The average molecular weight is 451 g/mol. The standard InChI is InChI=1S/C29H38O4/c1-17-11-9-15-28(7,19(17)3)32-25(30)23-21-13-14-22(27(21,5)6)24(23)26(31)33-29(8)16-10-12-18(2)20(29)4/h9-12,15-16,19-22H,13-14H2,1-8H3. The van der Waals surface area contributed by atoms with Gasteiger partial charge < -0.3 is 9.47 Å². The fourth-order valence-corrected chi connectivity index (χ4v) is 6.25. The molecule has 0 radical (unpaired) electrons. The van der Waals surface area contributed by atoms with E-state index in [0.29, 0.717) is 11.1 Å². The number of hydrogen-bond donors (Lipinski definition) is 0. The molecular formula is C29H38O4. The van der Waals surface area contributed by atoms with Gasteiger partial charge in [-0.25, -0.2) is 9.59 Å². The van der Waals surface area contributed by atoms with Crippen LogP contribution in [0.25, 0.3) is 0 Å². The first-order valence-electron chi connectivity index (χ1n) is 12.2. The van der Waals surface area contributed by atoms with Gasteiger partial charge in [-0.2, -0.15) is 0 Å². The molecule has 4 aliphatic carbocycles. The lowest BCUT2D eigenvalue weighted by Gasteiger charge is -2.37. The number of rotatable bonds is 4. The van der Waals surface area contributed by atoms with Gasteiger partial charge in [0.15, 0.2) is 0 Å². The van der Waals surface area contributed by atoms with Crippen molar-refractivity contribution in [2.45, 2.75) is 79.4 Å². The van der Waals surface area contributed by atoms with Gasteiger partial charge in [0.1, 0.15) is 11.2 Å². The fourth-order valence-electron chi connectivity index (χ4n) is 6.25. The third kappa shape index (κ3) is 3.66. The van der Waals surface area contributed by atoms with Crippen molar-refractivity contribution in [3.05, 3.63) is 58.7 Å². The number of ether oxygens (including phenoxy) is 2. The van der Waals surface area contributed by atoms with Crippen LogP contribution in [-0.2, 0) is 19.1 Å². The van der Waals surface area contributed by atoms with Crippen LogP contribution in [0, 0.1) is 29.1 Å². The first kappa shape index (κ1) is 23.8. The molecule has 0 aromatic rings. The van der Waals surface area contributed by atoms with Crippen LogP contribution in [0.3, 0.4) is 0 Å². The Kier molecular flexibility index (Phi) is 5.66. The van der Waals surface area contributed by atoms with Crippen LogP contribution in [0.5, 0.6) is 0 Å². The van der Waals surface area contributed by atoms with Crippen LogP contribution < -0.4 is 0 Å². The monoisotopic (exact) mass is 450 g/mol. The van der Waals surface area contributed by atoms with E-state index in [1.807, 2.05) is 38.2 Å². The van der Waals surface area contributed by atoms with Crippen molar-refractivity contribution in [1.82, 2.24) is 0 Å². The molecule has 6 unspecified atom stereocenters. The summed E-state index contributed by atoms with van der Waals surface area (Å²) in [6.45, 7) is 16.5. The molecule has 33 heavy (non-hydrogen) atoms. The Bertz CT molecular complexity index is 956. The number of esters is 2. The summed E-state index contributed by atoms with van der Waals surface area (Å²) in [6, 6.07) is 0. The lowest BCUT2D eigenvalue weighted by atomic mass is 9.78. The van der Waals surface area contributed by atoms with Gasteiger partial charge in [0.05, 0.1) is 11.1 Å². The molecule has 1 saturated carbocycles. The normalized spacial score (nSPS) is 38.8. The number of carbonyl (C=O) groups is 2. The van der Waals surface area contributed by atoms with Crippen LogP contribution in [0.1, 0.15) is 68.2 Å². The van der Waals surface area contributed by atoms with Crippen molar-refractivity contribution in [1.29, 1.82) is 0 Å². The summed E-state index contributed by atoms with van der Waals surface area (Å²) in [4.78, 5) is 27.4. The van der Waals surface area contributed by atoms with Crippen molar-refractivity contribution in [3.63, 3.8) is 0 Å². The second kappa shape index (κ2) is 7.85. The van der Waals surface area contributed by atoms with E-state index in [1.165, 1.54) is 11.1 Å². The maximum absolute atomic E-state index is 13.7. The average Bonchev–Trinajstić information content (AvgIpc) is 3.15. The minimum atomic E-state index is -0.738. The quantitative estimate of drug-likeness (QED) is 0.475. The van der Waals surface area contributed by atoms with Crippen molar-refractivity contribution in [3.8, 4) is 0 Å². The fraction of sp³-hybridized carbons (Fsp3) is 0.586. The van der Waals surface area contributed by atoms with Crippen LogP contribution >= 0.6 is 0 Å². The minimum absolute atomic E-state index is 0.00873. The molecule has 0 aromatic carbocycles. The van der Waals surface area contributed by atoms with E-state index >= 15 is 0 Å². The van der Waals surface area contributed by atoms with E-state index < -0.39 is 11.2 Å². The van der Waals surface area contributed by atoms with Crippen LogP contribution in [0.15, 0.2) is 58.7 Å². The molecule has 0 aliphatic heterocycles. The Morgan fingerprint density at radius 3 is 1.48 bits per heavy atom. The van der Waals surface area contributed by atoms with Gasteiger partial charge in [0, 0.05) is 11.8 Å². The SMILES string of the molecule is CC1=CC=CC(C)(OC(=O)C2=C(C(=O)OC3(C)C=CC=C(C)C3C)C3CCC2C3(C)C)C1C. The molecule has 4 heteroatoms. The van der Waals surface area contributed by atoms with E-state index in [4.69, 9.17) is 9.47 Å². The number of carbonyl (C=O) groups excluding carboxylic acids is 2. The minimum Gasteiger partial charge on any atom is -0.451 e. The zero-order valence-corrected chi connectivity index (χ0v) is 21.3. The Hall–Kier alpha value is -2.36. The Labute approximate surface area is 198 Å². The Balaban J connectivity index is 1.67. The van der Waals surface area contributed by atoms with Crippen molar-refractivity contribution in [2.75, 3.05) is 0 Å². The highest BCUT2D eigenvalue weighted by Gasteiger charge is 2.58.